The first-order chi connectivity index (χ1) is 12.0. The van der Waals surface area contributed by atoms with E-state index in [1.165, 1.54) is 6.42 Å². The number of nitrogens with zero attached hydrogens (tertiary/aromatic N) is 2. The zero-order chi connectivity index (χ0) is 17.7. The number of methoxy groups -OCH3 is 1. The lowest BCUT2D eigenvalue weighted by Crippen LogP contribution is -2.60. The largest absolute Gasteiger partial charge is 0.389 e. The van der Waals surface area contributed by atoms with E-state index in [1.54, 1.807) is 19.4 Å². The second-order valence-corrected chi connectivity index (χ2v) is 8.03. The smallest absolute Gasteiger partial charge is 0.267 e. The van der Waals surface area contributed by atoms with Gasteiger partial charge in [-0.1, -0.05) is 6.42 Å². The zero-order valence-electron chi connectivity index (χ0n) is 14.8. The summed E-state index contributed by atoms with van der Waals surface area (Å²) in [7, 11) is 1.78. The molecule has 3 fully saturated rings. The van der Waals surface area contributed by atoms with Gasteiger partial charge in [-0.25, -0.2) is 0 Å². The minimum Gasteiger partial charge on any atom is -0.389 e. The van der Waals surface area contributed by atoms with Gasteiger partial charge in [0, 0.05) is 44.8 Å². The van der Waals surface area contributed by atoms with Crippen LogP contribution in [0.2, 0.25) is 0 Å². The van der Waals surface area contributed by atoms with Gasteiger partial charge in [-0.3, -0.25) is 14.7 Å². The Balaban J connectivity index is 1.66. The fraction of sp³-hybridized carbons (Fsp3) is 0.684. The third kappa shape index (κ3) is 2.86. The van der Waals surface area contributed by atoms with E-state index in [1.807, 2.05) is 6.07 Å². The maximum atomic E-state index is 11.6. The molecule has 6 heteroatoms. The van der Waals surface area contributed by atoms with E-state index >= 15 is 0 Å². The molecule has 3 aliphatic rings. The standard InChI is InChI=1S/C19H27N3O3/c1-25-19(13-5-8-21-16(9-13)17(20)23)14-3-2-4-15(19)11-22(10-14)12-18(24)6-7-18/h5,8-9,14-15,24H,2-4,6-7,10-12H2,1H3,(H2,20,23). The summed E-state index contributed by atoms with van der Waals surface area (Å²) in [6, 6.07) is 3.77. The highest BCUT2D eigenvalue weighted by atomic mass is 16.5. The highest BCUT2D eigenvalue weighted by molar-refractivity contribution is 5.90. The number of ether oxygens (including phenoxy) is 1. The molecule has 1 saturated heterocycles. The fourth-order valence-corrected chi connectivity index (χ4v) is 5.10. The van der Waals surface area contributed by atoms with Crippen molar-refractivity contribution < 1.29 is 14.6 Å². The Hall–Kier alpha value is -1.50. The number of fused-ring (bicyclic) bond motifs is 2. The van der Waals surface area contributed by atoms with Crippen molar-refractivity contribution in [3.63, 3.8) is 0 Å². The second-order valence-electron chi connectivity index (χ2n) is 8.03. The molecule has 2 unspecified atom stereocenters. The third-order valence-electron chi connectivity index (χ3n) is 6.42. The highest BCUT2D eigenvalue weighted by Crippen LogP contribution is 2.52. The first kappa shape index (κ1) is 16.9. The zero-order valence-corrected chi connectivity index (χ0v) is 14.8. The first-order valence-corrected chi connectivity index (χ1v) is 9.23. The minimum atomic E-state index is -0.508. The third-order valence-corrected chi connectivity index (χ3v) is 6.42. The Kier molecular flexibility index (Phi) is 4.09. The molecule has 1 amide bonds. The van der Waals surface area contributed by atoms with E-state index in [0.29, 0.717) is 17.5 Å². The lowest BCUT2D eigenvalue weighted by Gasteiger charge is -2.55. The molecule has 2 heterocycles. The lowest BCUT2D eigenvalue weighted by atomic mass is 9.62. The summed E-state index contributed by atoms with van der Waals surface area (Å²) in [5.41, 5.74) is 5.88. The molecule has 25 heavy (non-hydrogen) atoms. The average Bonchev–Trinajstić information content (AvgIpc) is 3.31. The van der Waals surface area contributed by atoms with Gasteiger partial charge in [0.2, 0.25) is 0 Å². The van der Waals surface area contributed by atoms with Crippen molar-refractivity contribution in [1.82, 2.24) is 9.88 Å². The number of aromatic nitrogens is 1. The summed E-state index contributed by atoms with van der Waals surface area (Å²) in [4.78, 5) is 18.1. The van der Waals surface area contributed by atoms with Crippen LogP contribution in [0.5, 0.6) is 0 Å². The summed E-state index contributed by atoms with van der Waals surface area (Å²) in [6.07, 6.45) is 6.87. The topological polar surface area (TPSA) is 88.7 Å². The number of carbonyl (C=O) groups excluding carboxylic acids is 1. The molecular weight excluding hydrogens is 318 g/mol. The lowest BCUT2D eigenvalue weighted by molar-refractivity contribution is -0.172. The summed E-state index contributed by atoms with van der Waals surface area (Å²) in [5.74, 6) is 0.178. The van der Waals surface area contributed by atoms with Crippen LogP contribution in [-0.2, 0) is 10.3 Å². The number of carbonyl (C=O) groups is 1. The Morgan fingerprint density at radius 2 is 2.08 bits per heavy atom. The van der Waals surface area contributed by atoms with Gasteiger partial charge in [-0.2, -0.15) is 0 Å². The van der Waals surface area contributed by atoms with Crippen LogP contribution in [0.15, 0.2) is 18.3 Å². The van der Waals surface area contributed by atoms with Crippen molar-refractivity contribution in [2.75, 3.05) is 26.7 Å². The van der Waals surface area contributed by atoms with Gasteiger partial charge in [-0.15, -0.1) is 0 Å². The molecule has 4 rings (SSSR count). The number of primary amides is 1. The van der Waals surface area contributed by atoms with Gasteiger partial charge < -0.3 is 15.6 Å². The van der Waals surface area contributed by atoms with Crippen LogP contribution >= 0.6 is 0 Å². The van der Waals surface area contributed by atoms with Crippen molar-refractivity contribution in [2.24, 2.45) is 17.6 Å². The molecule has 136 valence electrons. The van der Waals surface area contributed by atoms with Crippen molar-refractivity contribution in [2.45, 2.75) is 43.3 Å². The van der Waals surface area contributed by atoms with Gasteiger partial charge in [-0.05, 0) is 43.4 Å². The van der Waals surface area contributed by atoms with Crippen molar-refractivity contribution in [3.05, 3.63) is 29.6 Å². The van der Waals surface area contributed by atoms with E-state index in [2.05, 4.69) is 9.88 Å². The SMILES string of the molecule is COC1(c2ccnc(C(N)=O)c2)C2CCCC1CN(CC1(O)CC1)C2. The molecule has 2 atom stereocenters. The van der Waals surface area contributed by atoms with Crippen molar-refractivity contribution in [3.8, 4) is 0 Å². The van der Waals surface area contributed by atoms with Crippen molar-refractivity contribution in [1.29, 1.82) is 0 Å². The molecule has 0 aromatic carbocycles. The van der Waals surface area contributed by atoms with E-state index < -0.39 is 17.1 Å². The van der Waals surface area contributed by atoms with Crippen LogP contribution in [0.3, 0.4) is 0 Å². The van der Waals surface area contributed by atoms with Crippen LogP contribution in [-0.4, -0.2) is 53.2 Å². The average molecular weight is 345 g/mol. The molecule has 6 nitrogen and oxygen atoms in total. The van der Waals surface area contributed by atoms with Crippen molar-refractivity contribution >= 4 is 5.91 Å². The van der Waals surface area contributed by atoms with Crippen LogP contribution < -0.4 is 5.73 Å². The quantitative estimate of drug-likeness (QED) is 0.839. The van der Waals surface area contributed by atoms with Gasteiger partial charge in [0.05, 0.1) is 5.60 Å². The van der Waals surface area contributed by atoms with Crippen LogP contribution in [0.25, 0.3) is 0 Å². The number of nitrogens with two attached hydrogens (primary N) is 1. The monoisotopic (exact) mass is 345 g/mol. The Morgan fingerprint density at radius 1 is 1.40 bits per heavy atom. The summed E-state index contributed by atoms with van der Waals surface area (Å²) in [6.45, 7) is 2.60. The van der Waals surface area contributed by atoms with Gasteiger partial charge in [0.15, 0.2) is 0 Å². The number of β-amino-alcohol motifs (C(OH)–C–C–N with tert-alkyl or cyclic N) is 1. The minimum absolute atomic E-state index is 0.293. The maximum Gasteiger partial charge on any atom is 0.267 e. The molecule has 1 aromatic heterocycles. The predicted molar refractivity (Wildman–Crippen MR) is 92.9 cm³/mol. The van der Waals surface area contributed by atoms with Crippen LogP contribution in [0.1, 0.15) is 48.2 Å². The molecule has 1 aromatic rings. The fourth-order valence-electron chi connectivity index (χ4n) is 5.10. The Labute approximate surface area is 148 Å². The molecule has 2 bridgehead atoms. The molecule has 3 N–H and O–H groups in total. The number of piperidine rings is 1. The van der Waals surface area contributed by atoms with E-state index in [9.17, 15) is 9.90 Å². The molecule has 0 radical (unpaired) electrons. The van der Waals surface area contributed by atoms with Crippen LogP contribution in [0, 0.1) is 11.8 Å². The van der Waals surface area contributed by atoms with Gasteiger partial charge in [0.1, 0.15) is 11.3 Å². The van der Waals surface area contributed by atoms with Gasteiger partial charge in [0.25, 0.3) is 5.91 Å². The maximum absolute atomic E-state index is 11.6. The molecule has 2 saturated carbocycles. The molecule has 2 aliphatic carbocycles. The second kappa shape index (κ2) is 6.04. The van der Waals surface area contributed by atoms with E-state index in [4.69, 9.17) is 10.5 Å². The number of aliphatic hydroxyl groups is 1. The molecule has 1 aliphatic heterocycles. The number of hydrogen-bond acceptors (Lipinski definition) is 5. The highest BCUT2D eigenvalue weighted by Gasteiger charge is 2.54. The summed E-state index contributed by atoms with van der Waals surface area (Å²) >= 11 is 0. The van der Waals surface area contributed by atoms with Gasteiger partial charge >= 0.3 is 0 Å². The number of hydrogen-bond donors (Lipinski definition) is 2. The number of pyridine rings is 1. The predicted octanol–water partition coefficient (Wildman–Crippen LogP) is 1.28. The number of likely N-dealkylation sites (tertiary alicyclic amines) is 1. The van der Waals surface area contributed by atoms with E-state index in [-0.39, 0.29) is 0 Å². The summed E-state index contributed by atoms with van der Waals surface area (Å²) in [5, 5.41) is 10.3. The molecule has 0 spiro atoms. The number of amides is 1. The Morgan fingerprint density at radius 3 is 2.64 bits per heavy atom. The summed E-state index contributed by atoms with van der Waals surface area (Å²) < 4.78 is 6.19. The Bertz CT molecular complexity index is 660. The first-order valence-electron chi connectivity index (χ1n) is 9.23. The van der Waals surface area contributed by atoms with E-state index in [0.717, 1.165) is 50.9 Å². The normalized spacial score (nSPS) is 33.8. The number of rotatable bonds is 5. The van der Waals surface area contributed by atoms with Crippen LogP contribution in [0.4, 0.5) is 0 Å². The molecular formula is C19H27N3O3.